The van der Waals surface area contributed by atoms with Crippen molar-refractivity contribution in [1.29, 1.82) is 0 Å². The smallest absolute Gasteiger partial charge is 0.120 e. The van der Waals surface area contributed by atoms with Crippen molar-refractivity contribution in [3.8, 4) is 5.75 Å². The van der Waals surface area contributed by atoms with Crippen LogP contribution in [-0.2, 0) is 13.0 Å². The summed E-state index contributed by atoms with van der Waals surface area (Å²) in [7, 11) is 0. The van der Waals surface area contributed by atoms with Crippen LogP contribution in [0.15, 0.2) is 51.4 Å². The van der Waals surface area contributed by atoms with Crippen molar-refractivity contribution in [2.75, 3.05) is 0 Å². The van der Waals surface area contributed by atoms with E-state index in [9.17, 15) is 0 Å². The first-order valence-corrected chi connectivity index (χ1v) is 8.05. The summed E-state index contributed by atoms with van der Waals surface area (Å²) < 4.78 is 7.99. The van der Waals surface area contributed by atoms with E-state index in [4.69, 9.17) is 10.5 Å². The van der Waals surface area contributed by atoms with E-state index >= 15 is 0 Å². The lowest BCUT2D eigenvalue weighted by molar-refractivity contribution is 0.305. The first-order chi connectivity index (χ1) is 9.56. The SMILES string of the molecule is CC(N)Cc1cc(OCc2ccccc2Br)ccc1Br. The number of rotatable bonds is 5. The number of ether oxygens (including phenoxy) is 1. The van der Waals surface area contributed by atoms with Gasteiger partial charge in [-0.1, -0.05) is 50.1 Å². The van der Waals surface area contributed by atoms with Gasteiger partial charge in [0, 0.05) is 20.6 Å². The van der Waals surface area contributed by atoms with Gasteiger partial charge in [0.2, 0.25) is 0 Å². The van der Waals surface area contributed by atoms with Crippen LogP contribution >= 0.6 is 31.9 Å². The number of hydrogen-bond acceptors (Lipinski definition) is 2. The molecule has 0 aliphatic rings. The molecule has 2 rings (SSSR count). The molecule has 0 amide bonds. The van der Waals surface area contributed by atoms with E-state index in [1.807, 2.05) is 49.4 Å². The highest BCUT2D eigenvalue weighted by molar-refractivity contribution is 9.10. The zero-order valence-electron chi connectivity index (χ0n) is 11.3. The van der Waals surface area contributed by atoms with E-state index in [0.717, 1.165) is 26.7 Å². The largest absolute Gasteiger partial charge is 0.489 e. The third-order valence-electron chi connectivity index (χ3n) is 2.91. The lowest BCUT2D eigenvalue weighted by Gasteiger charge is -2.12. The molecule has 0 fully saturated rings. The Kier molecular flexibility index (Phi) is 5.64. The Balaban J connectivity index is 2.08. The second kappa shape index (κ2) is 7.25. The molecule has 0 saturated carbocycles. The average molecular weight is 399 g/mol. The molecule has 106 valence electrons. The van der Waals surface area contributed by atoms with E-state index < -0.39 is 0 Å². The van der Waals surface area contributed by atoms with Crippen molar-refractivity contribution in [3.05, 3.63) is 62.5 Å². The molecule has 0 heterocycles. The molecule has 0 saturated heterocycles. The second-order valence-electron chi connectivity index (χ2n) is 4.81. The normalized spacial score (nSPS) is 12.2. The summed E-state index contributed by atoms with van der Waals surface area (Å²) in [5, 5.41) is 0. The Labute approximate surface area is 136 Å². The number of hydrogen-bond donors (Lipinski definition) is 1. The molecule has 20 heavy (non-hydrogen) atoms. The van der Waals surface area contributed by atoms with Crippen molar-refractivity contribution in [2.45, 2.75) is 26.0 Å². The summed E-state index contributed by atoms with van der Waals surface area (Å²) in [6, 6.07) is 14.2. The van der Waals surface area contributed by atoms with Crippen LogP contribution in [0.5, 0.6) is 5.75 Å². The summed E-state index contributed by atoms with van der Waals surface area (Å²) in [5.74, 6) is 0.861. The van der Waals surface area contributed by atoms with Crippen LogP contribution in [0.4, 0.5) is 0 Å². The van der Waals surface area contributed by atoms with Gasteiger partial charge in [0.15, 0.2) is 0 Å². The Morgan fingerprint density at radius 2 is 1.75 bits per heavy atom. The average Bonchev–Trinajstić information content (AvgIpc) is 2.40. The van der Waals surface area contributed by atoms with Crippen LogP contribution in [0.25, 0.3) is 0 Å². The van der Waals surface area contributed by atoms with Gasteiger partial charge < -0.3 is 10.5 Å². The predicted octanol–water partition coefficient (Wildman–Crippen LogP) is 4.68. The molecule has 1 atom stereocenters. The molecular formula is C16H17Br2NO. The standard InChI is InChI=1S/C16H17Br2NO/c1-11(19)8-13-9-14(6-7-16(13)18)20-10-12-4-2-3-5-15(12)17/h2-7,9,11H,8,10,19H2,1H3. The predicted molar refractivity (Wildman–Crippen MR) is 90.0 cm³/mol. The van der Waals surface area contributed by atoms with Gasteiger partial charge in [-0.3, -0.25) is 0 Å². The molecule has 2 aromatic carbocycles. The third-order valence-corrected chi connectivity index (χ3v) is 4.46. The lowest BCUT2D eigenvalue weighted by atomic mass is 10.1. The van der Waals surface area contributed by atoms with Gasteiger partial charge in [0.25, 0.3) is 0 Å². The van der Waals surface area contributed by atoms with Crippen molar-refractivity contribution < 1.29 is 4.74 Å². The van der Waals surface area contributed by atoms with Crippen LogP contribution in [-0.4, -0.2) is 6.04 Å². The van der Waals surface area contributed by atoms with E-state index in [0.29, 0.717) is 6.61 Å². The minimum atomic E-state index is 0.129. The molecule has 0 aliphatic carbocycles. The van der Waals surface area contributed by atoms with Crippen molar-refractivity contribution in [2.24, 2.45) is 5.73 Å². The molecular weight excluding hydrogens is 382 g/mol. The maximum Gasteiger partial charge on any atom is 0.120 e. The van der Waals surface area contributed by atoms with Crippen molar-refractivity contribution >= 4 is 31.9 Å². The van der Waals surface area contributed by atoms with Crippen LogP contribution in [0, 0.1) is 0 Å². The Hall–Kier alpha value is -0.840. The van der Waals surface area contributed by atoms with Gasteiger partial charge >= 0.3 is 0 Å². The number of benzene rings is 2. The molecule has 0 spiro atoms. The molecule has 0 aliphatic heterocycles. The minimum absolute atomic E-state index is 0.129. The maximum atomic E-state index is 5.86. The topological polar surface area (TPSA) is 35.2 Å². The molecule has 4 heteroatoms. The lowest BCUT2D eigenvalue weighted by Crippen LogP contribution is -2.18. The number of nitrogens with two attached hydrogens (primary N) is 1. The summed E-state index contributed by atoms with van der Waals surface area (Å²) in [6.45, 7) is 2.54. The zero-order chi connectivity index (χ0) is 14.5. The highest BCUT2D eigenvalue weighted by atomic mass is 79.9. The van der Waals surface area contributed by atoms with Gasteiger partial charge in [-0.05, 0) is 43.2 Å². The van der Waals surface area contributed by atoms with Gasteiger partial charge in [-0.15, -0.1) is 0 Å². The molecule has 1 unspecified atom stereocenters. The number of halogens is 2. The summed E-state index contributed by atoms with van der Waals surface area (Å²) in [6.07, 6.45) is 0.826. The monoisotopic (exact) mass is 397 g/mol. The summed E-state index contributed by atoms with van der Waals surface area (Å²) in [5.41, 5.74) is 8.16. The fraction of sp³-hybridized carbons (Fsp3) is 0.250. The van der Waals surface area contributed by atoms with Gasteiger partial charge in [0.05, 0.1) is 0 Å². The van der Waals surface area contributed by atoms with Crippen LogP contribution in [0.2, 0.25) is 0 Å². The molecule has 2 nitrogen and oxygen atoms in total. The van der Waals surface area contributed by atoms with Crippen LogP contribution < -0.4 is 10.5 Å². The third kappa shape index (κ3) is 4.33. The summed E-state index contributed by atoms with van der Waals surface area (Å²) >= 11 is 7.07. The fourth-order valence-electron chi connectivity index (χ4n) is 1.92. The minimum Gasteiger partial charge on any atom is -0.489 e. The second-order valence-corrected chi connectivity index (χ2v) is 6.52. The van der Waals surface area contributed by atoms with E-state index in [1.54, 1.807) is 0 Å². The first kappa shape index (κ1) is 15.5. The Bertz CT molecular complexity index is 584. The molecule has 2 aromatic rings. The first-order valence-electron chi connectivity index (χ1n) is 6.46. The van der Waals surface area contributed by atoms with E-state index in [2.05, 4.69) is 31.9 Å². The van der Waals surface area contributed by atoms with Gasteiger partial charge in [-0.25, -0.2) is 0 Å². The fourth-order valence-corrected chi connectivity index (χ4v) is 2.73. The van der Waals surface area contributed by atoms with Crippen LogP contribution in [0.3, 0.4) is 0 Å². The molecule has 0 bridgehead atoms. The maximum absolute atomic E-state index is 5.86. The van der Waals surface area contributed by atoms with E-state index in [1.165, 1.54) is 5.56 Å². The van der Waals surface area contributed by atoms with E-state index in [-0.39, 0.29) is 6.04 Å². The molecule has 0 radical (unpaired) electrons. The molecule has 2 N–H and O–H groups in total. The Morgan fingerprint density at radius 3 is 2.45 bits per heavy atom. The van der Waals surface area contributed by atoms with Gasteiger partial charge in [0.1, 0.15) is 12.4 Å². The van der Waals surface area contributed by atoms with Crippen LogP contribution in [0.1, 0.15) is 18.1 Å². The highest BCUT2D eigenvalue weighted by Gasteiger charge is 2.06. The highest BCUT2D eigenvalue weighted by Crippen LogP contribution is 2.25. The van der Waals surface area contributed by atoms with Gasteiger partial charge in [-0.2, -0.15) is 0 Å². The zero-order valence-corrected chi connectivity index (χ0v) is 14.4. The Morgan fingerprint density at radius 1 is 1.05 bits per heavy atom. The van der Waals surface area contributed by atoms with Crippen molar-refractivity contribution in [3.63, 3.8) is 0 Å². The summed E-state index contributed by atoms with van der Waals surface area (Å²) in [4.78, 5) is 0. The quantitative estimate of drug-likeness (QED) is 0.793. The molecule has 0 aromatic heterocycles. The van der Waals surface area contributed by atoms with Crippen molar-refractivity contribution in [1.82, 2.24) is 0 Å².